The molecular formula is C13H15F4NO2. The summed E-state index contributed by atoms with van der Waals surface area (Å²) in [4.78, 5) is 11.7. The second-order valence-electron chi connectivity index (χ2n) is 4.01. The average Bonchev–Trinajstić information content (AvgIpc) is 2.34. The first kappa shape index (κ1) is 16.4. The van der Waals surface area contributed by atoms with E-state index in [4.69, 9.17) is 4.74 Å². The van der Waals surface area contributed by atoms with E-state index in [1.165, 1.54) is 0 Å². The second kappa shape index (κ2) is 6.69. The Balaban J connectivity index is 3.19. The standard InChI is InChI=1S/C13H15F4NO2/c1-3-18-11(12(19)20-4-2)8-5-9(13(15,16)17)7-10(14)6-8/h5-7,11,18H,3-4H2,1-2H3. The molecule has 0 amide bonds. The highest BCUT2D eigenvalue weighted by Gasteiger charge is 2.33. The monoisotopic (exact) mass is 293 g/mol. The lowest BCUT2D eigenvalue weighted by Gasteiger charge is -2.18. The van der Waals surface area contributed by atoms with Crippen LogP contribution in [0.4, 0.5) is 17.6 Å². The van der Waals surface area contributed by atoms with Crippen molar-refractivity contribution in [3.8, 4) is 0 Å². The van der Waals surface area contributed by atoms with Crippen LogP contribution in [0.1, 0.15) is 31.0 Å². The summed E-state index contributed by atoms with van der Waals surface area (Å²) in [6, 6.07) is 0.890. The fraction of sp³-hybridized carbons (Fsp3) is 0.462. The van der Waals surface area contributed by atoms with Crippen molar-refractivity contribution in [3.63, 3.8) is 0 Å². The number of hydrogen-bond acceptors (Lipinski definition) is 3. The number of nitrogens with one attached hydrogen (secondary N) is 1. The lowest BCUT2D eigenvalue weighted by Crippen LogP contribution is -2.30. The first-order valence-electron chi connectivity index (χ1n) is 6.07. The summed E-state index contributed by atoms with van der Waals surface area (Å²) in [6.45, 7) is 3.66. The van der Waals surface area contributed by atoms with Gasteiger partial charge >= 0.3 is 12.1 Å². The molecule has 0 aliphatic rings. The predicted molar refractivity (Wildman–Crippen MR) is 64.5 cm³/mol. The van der Waals surface area contributed by atoms with E-state index in [1.807, 2.05) is 0 Å². The van der Waals surface area contributed by atoms with E-state index in [-0.39, 0.29) is 12.2 Å². The third-order valence-electron chi connectivity index (χ3n) is 2.51. The van der Waals surface area contributed by atoms with Gasteiger partial charge in [0.05, 0.1) is 12.2 Å². The van der Waals surface area contributed by atoms with Gasteiger partial charge < -0.3 is 10.1 Å². The minimum Gasteiger partial charge on any atom is -0.465 e. The number of carbonyl (C=O) groups is 1. The smallest absolute Gasteiger partial charge is 0.416 e. The molecule has 20 heavy (non-hydrogen) atoms. The fourth-order valence-corrected chi connectivity index (χ4v) is 1.71. The summed E-state index contributed by atoms with van der Waals surface area (Å²) in [5, 5.41) is 2.68. The molecule has 0 bridgehead atoms. The van der Waals surface area contributed by atoms with E-state index in [1.54, 1.807) is 13.8 Å². The van der Waals surface area contributed by atoms with Crippen LogP contribution in [0.25, 0.3) is 0 Å². The number of carbonyl (C=O) groups excluding carboxylic acids is 1. The number of likely N-dealkylation sites (N-methyl/N-ethyl adjacent to an activating group) is 1. The van der Waals surface area contributed by atoms with Gasteiger partial charge in [0.2, 0.25) is 0 Å². The normalized spacial score (nSPS) is 13.1. The minimum absolute atomic E-state index is 0.0855. The average molecular weight is 293 g/mol. The van der Waals surface area contributed by atoms with Gasteiger partial charge in [0.15, 0.2) is 0 Å². The summed E-state index contributed by atoms with van der Waals surface area (Å²) in [5.41, 5.74) is -1.25. The molecule has 7 heteroatoms. The molecule has 1 N–H and O–H groups in total. The SMILES string of the molecule is CCNC(C(=O)OCC)c1cc(F)cc(C(F)(F)F)c1. The quantitative estimate of drug-likeness (QED) is 0.670. The van der Waals surface area contributed by atoms with Crippen LogP contribution in [0.5, 0.6) is 0 Å². The van der Waals surface area contributed by atoms with Crippen LogP contribution in [-0.4, -0.2) is 19.1 Å². The van der Waals surface area contributed by atoms with Gasteiger partial charge in [-0.05, 0) is 37.2 Å². The van der Waals surface area contributed by atoms with Crippen molar-refractivity contribution < 1.29 is 27.1 Å². The third-order valence-corrected chi connectivity index (χ3v) is 2.51. The van der Waals surface area contributed by atoms with Crippen molar-refractivity contribution in [2.75, 3.05) is 13.2 Å². The van der Waals surface area contributed by atoms with Gasteiger partial charge in [-0.25, -0.2) is 9.18 Å². The zero-order valence-corrected chi connectivity index (χ0v) is 11.1. The van der Waals surface area contributed by atoms with Crippen molar-refractivity contribution in [3.05, 3.63) is 35.1 Å². The number of rotatable bonds is 5. The second-order valence-corrected chi connectivity index (χ2v) is 4.01. The van der Waals surface area contributed by atoms with Crippen LogP contribution in [0.15, 0.2) is 18.2 Å². The Bertz CT molecular complexity index is 474. The highest BCUT2D eigenvalue weighted by atomic mass is 19.4. The van der Waals surface area contributed by atoms with Crippen molar-refractivity contribution in [1.29, 1.82) is 0 Å². The molecule has 0 saturated heterocycles. The largest absolute Gasteiger partial charge is 0.465 e. The van der Waals surface area contributed by atoms with Gasteiger partial charge in [-0.1, -0.05) is 6.92 Å². The van der Waals surface area contributed by atoms with Crippen LogP contribution in [-0.2, 0) is 15.7 Å². The molecule has 0 aromatic heterocycles. The van der Waals surface area contributed by atoms with Gasteiger partial charge in [-0.3, -0.25) is 0 Å². The van der Waals surface area contributed by atoms with Crippen molar-refractivity contribution in [2.24, 2.45) is 0 Å². The maximum atomic E-state index is 13.3. The molecule has 1 rings (SSSR count). The lowest BCUT2D eigenvalue weighted by molar-refractivity contribution is -0.146. The first-order valence-corrected chi connectivity index (χ1v) is 6.07. The summed E-state index contributed by atoms with van der Waals surface area (Å²) in [6.07, 6.45) is -4.68. The van der Waals surface area contributed by atoms with Gasteiger partial charge in [-0.15, -0.1) is 0 Å². The van der Waals surface area contributed by atoms with E-state index >= 15 is 0 Å². The zero-order chi connectivity index (χ0) is 15.3. The third kappa shape index (κ3) is 4.19. The zero-order valence-electron chi connectivity index (χ0n) is 11.1. The molecule has 0 heterocycles. The Kier molecular flexibility index (Phi) is 5.50. The molecule has 1 unspecified atom stereocenters. The molecule has 0 aliphatic heterocycles. The number of benzene rings is 1. The molecule has 0 fully saturated rings. The van der Waals surface area contributed by atoms with Crippen LogP contribution in [0.3, 0.4) is 0 Å². The van der Waals surface area contributed by atoms with Crippen LogP contribution in [0.2, 0.25) is 0 Å². The molecule has 0 radical (unpaired) electrons. The van der Waals surface area contributed by atoms with Gasteiger partial charge in [-0.2, -0.15) is 13.2 Å². The fourth-order valence-electron chi connectivity index (χ4n) is 1.71. The molecule has 3 nitrogen and oxygen atoms in total. The van der Waals surface area contributed by atoms with Gasteiger partial charge in [0, 0.05) is 0 Å². The number of esters is 1. The number of halogens is 4. The predicted octanol–water partition coefficient (Wildman–Crippen LogP) is 3.06. The maximum absolute atomic E-state index is 13.3. The van der Waals surface area contributed by atoms with Crippen LogP contribution in [0, 0.1) is 5.82 Å². The van der Waals surface area contributed by atoms with Crippen LogP contribution < -0.4 is 5.32 Å². The number of hydrogen-bond donors (Lipinski definition) is 1. The van der Waals surface area contributed by atoms with E-state index in [0.29, 0.717) is 12.6 Å². The Morgan fingerprint density at radius 1 is 1.30 bits per heavy atom. The van der Waals surface area contributed by atoms with Crippen molar-refractivity contribution >= 4 is 5.97 Å². The molecular weight excluding hydrogens is 278 g/mol. The van der Waals surface area contributed by atoms with Gasteiger partial charge in [0.1, 0.15) is 11.9 Å². The Hall–Kier alpha value is -1.63. The number of ether oxygens (including phenoxy) is 1. The summed E-state index contributed by atoms with van der Waals surface area (Å²) in [7, 11) is 0. The molecule has 1 aromatic carbocycles. The molecule has 0 aliphatic carbocycles. The van der Waals surface area contributed by atoms with Crippen molar-refractivity contribution in [1.82, 2.24) is 5.32 Å². The Morgan fingerprint density at radius 3 is 2.45 bits per heavy atom. The molecule has 0 saturated carbocycles. The van der Waals surface area contributed by atoms with E-state index in [0.717, 1.165) is 12.1 Å². The van der Waals surface area contributed by atoms with Crippen molar-refractivity contribution in [2.45, 2.75) is 26.1 Å². The topological polar surface area (TPSA) is 38.3 Å². The lowest BCUT2D eigenvalue weighted by atomic mass is 10.0. The highest BCUT2D eigenvalue weighted by Crippen LogP contribution is 2.32. The van der Waals surface area contributed by atoms with E-state index in [9.17, 15) is 22.4 Å². The first-order chi connectivity index (χ1) is 9.29. The molecule has 1 aromatic rings. The summed E-state index contributed by atoms with van der Waals surface area (Å²) >= 11 is 0. The van der Waals surface area contributed by atoms with E-state index in [2.05, 4.69) is 5.32 Å². The number of alkyl halides is 3. The highest BCUT2D eigenvalue weighted by molar-refractivity contribution is 5.77. The molecule has 112 valence electrons. The minimum atomic E-state index is -4.68. The van der Waals surface area contributed by atoms with Crippen LogP contribution >= 0.6 is 0 Å². The molecule has 0 spiro atoms. The van der Waals surface area contributed by atoms with Gasteiger partial charge in [0.25, 0.3) is 0 Å². The summed E-state index contributed by atoms with van der Waals surface area (Å²) in [5.74, 6) is -1.80. The Labute approximate surface area is 113 Å². The molecule has 1 atom stereocenters. The van der Waals surface area contributed by atoms with E-state index < -0.39 is 29.6 Å². The summed E-state index contributed by atoms with van der Waals surface area (Å²) < 4.78 is 56.0. The Morgan fingerprint density at radius 2 is 1.95 bits per heavy atom. The maximum Gasteiger partial charge on any atom is 0.416 e.